The van der Waals surface area contributed by atoms with Gasteiger partial charge in [-0.25, -0.2) is 4.99 Å². The van der Waals surface area contributed by atoms with Gasteiger partial charge in [-0.1, -0.05) is 12.1 Å². The first-order valence-electron chi connectivity index (χ1n) is 6.42. The molecule has 1 aromatic rings. The number of ether oxygens (including phenoxy) is 1. The number of aliphatic hydroxyl groups excluding tert-OH is 1. The molecule has 1 heterocycles. The molecule has 1 atom stereocenters. The highest BCUT2D eigenvalue weighted by atomic mass is 16.5. The summed E-state index contributed by atoms with van der Waals surface area (Å²) in [5.41, 5.74) is 2.00. The first-order chi connectivity index (χ1) is 10.1. The Bertz CT molecular complexity index is 826. The number of Topliss-reactive ketones (excluding diaryl/α,β-unsaturated/α-hetero) is 2. The highest BCUT2D eigenvalue weighted by Crippen LogP contribution is 2.38. The van der Waals surface area contributed by atoms with Crippen molar-refractivity contribution >= 4 is 23.0 Å². The quantitative estimate of drug-likeness (QED) is 0.729. The van der Waals surface area contributed by atoms with Crippen LogP contribution in [-0.4, -0.2) is 28.5 Å². The van der Waals surface area contributed by atoms with Crippen molar-refractivity contribution in [3.05, 3.63) is 59.4 Å². The standard InChI is InChI=1S/C16H9NO4/c18-11-7-13-14(16(20)15(11)19)8-5-6-9(8)17-10-3-1-2-4-12(10)21-13/h1-7,11,18H. The van der Waals surface area contributed by atoms with Crippen LogP contribution in [0.5, 0.6) is 5.75 Å². The molecule has 2 aliphatic carbocycles. The van der Waals surface area contributed by atoms with Crippen molar-refractivity contribution in [2.75, 3.05) is 0 Å². The van der Waals surface area contributed by atoms with E-state index in [0.29, 0.717) is 22.7 Å². The Kier molecular flexibility index (Phi) is 2.34. The first-order valence-corrected chi connectivity index (χ1v) is 6.42. The van der Waals surface area contributed by atoms with Gasteiger partial charge in [0.1, 0.15) is 17.6 Å². The largest absolute Gasteiger partial charge is 0.455 e. The van der Waals surface area contributed by atoms with Crippen LogP contribution in [0, 0.1) is 0 Å². The van der Waals surface area contributed by atoms with Crippen molar-refractivity contribution in [3.8, 4) is 5.75 Å². The third kappa shape index (κ3) is 1.64. The molecule has 102 valence electrons. The molecule has 0 amide bonds. The maximum Gasteiger partial charge on any atom is 0.236 e. The van der Waals surface area contributed by atoms with E-state index in [-0.39, 0.29) is 11.3 Å². The highest BCUT2D eigenvalue weighted by Gasteiger charge is 2.38. The molecule has 0 bridgehead atoms. The van der Waals surface area contributed by atoms with Crippen LogP contribution in [0.3, 0.4) is 0 Å². The second-order valence-electron chi connectivity index (χ2n) is 4.86. The number of benzene rings is 1. The molecule has 5 nitrogen and oxygen atoms in total. The van der Waals surface area contributed by atoms with Gasteiger partial charge >= 0.3 is 0 Å². The van der Waals surface area contributed by atoms with E-state index in [0.717, 1.165) is 0 Å². The van der Waals surface area contributed by atoms with Crippen molar-refractivity contribution < 1.29 is 19.4 Å². The number of rotatable bonds is 0. The van der Waals surface area contributed by atoms with Crippen molar-refractivity contribution in [2.45, 2.75) is 6.10 Å². The summed E-state index contributed by atoms with van der Waals surface area (Å²) in [6.45, 7) is 0. The number of allylic oxidation sites excluding steroid dienone is 4. The fourth-order valence-corrected chi connectivity index (χ4v) is 2.45. The average Bonchev–Trinajstić information content (AvgIpc) is 2.45. The number of nitrogens with zero attached hydrogens (tertiary/aromatic N) is 1. The Morgan fingerprint density at radius 3 is 2.71 bits per heavy atom. The summed E-state index contributed by atoms with van der Waals surface area (Å²) >= 11 is 0. The van der Waals surface area contributed by atoms with Crippen molar-refractivity contribution in [2.24, 2.45) is 4.99 Å². The molecule has 5 heteroatoms. The summed E-state index contributed by atoms with van der Waals surface area (Å²) in [6, 6.07) is 7.13. The Labute approximate surface area is 119 Å². The van der Waals surface area contributed by atoms with E-state index in [4.69, 9.17) is 4.74 Å². The Morgan fingerprint density at radius 1 is 1.14 bits per heavy atom. The number of carbonyl (C=O) groups is 2. The maximum absolute atomic E-state index is 12.2. The molecular weight excluding hydrogens is 270 g/mol. The zero-order valence-electron chi connectivity index (χ0n) is 10.7. The average molecular weight is 279 g/mol. The van der Waals surface area contributed by atoms with Gasteiger partial charge in [-0.2, -0.15) is 0 Å². The molecule has 0 radical (unpaired) electrons. The van der Waals surface area contributed by atoms with Crippen LogP contribution in [0.1, 0.15) is 0 Å². The van der Waals surface area contributed by atoms with Gasteiger partial charge in [0.15, 0.2) is 5.75 Å². The SMILES string of the molecule is O=C1C(=O)C(O)C=C2Oc3ccccc3N=C3C=CC3=C12. The summed E-state index contributed by atoms with van der Waals surface area (Å²) in [6.07, 6.45) is 3.28. The van der Waals surface area contributed by atoms with Gasteiger partial charge < -0.3 is 9.84 Å². The van der Waals surface area contributed by atoms with Gasteiger partial charge in [-0.15, -0.1) is 0 Å². The number of ketones is 2. The summed E-state index contributed by atoms with van der Waals surface area (Å²) in [5, 5.41) is 9.67. The van der Waals surface area contributed by atoms with Crippen LogP contribution in [0.2, 0.25) is 0 Å². The molecule has 0 spiro atoms. The summed E-state index contributed by atoms with van der Waals surface area (Å²) in [4.78, 5) is 28.3. The molecule has 4 rings (SSSR count). The highest BCUT2D eigenvalue weighted by molar-refractivity contribution is 6.49. The second-order valence-corrected chi connectivity index (χ2v) is 4.86. The van der Waals surface area contributed by atoms with E-state index in [1.54, 1.807) is 30.4 Å². The topological polar surface area (TPSA) is 76.0 Å². The van der Waals surface area contributed by atoms with E-state index in [1.165, 1.54) is 6.08 Å². The van der Waals surface area contributed by atoms with E-state index in [9.17, 15) is 14.7 Å². The normalized spacial score (nSPS) is 22.8. The first kappa shape index (κ1) is 12.0. The van der Waals surface area contributed by atoms with E-state index < -0.39 is 17.7 Å². The number of aliphatic hydroxyl groups is 1. The number of hydrogen-bond acceptors (Lipinski definition) is 5. The minimum Gasteiger partial charge on any atom is -0.455 e. The van der Waals surface area contributed by atoms with Crippen molar-refractivity contribution in [1.29, 1.82) is 0 Å². The van der Waals surface area contributed by atoms with Gasteiger partial charge in [0.05, 0.1) is 11.3 Å². The number of carbonyl (C=O) groups excluding carboxylic acids is 2. The third-order valence-electron chi connectivity index (χ3n) is 3.55. The van der Waals surface area contributed by atoms with Crippen LogP contribution in [0.15, 0.2) is 64.4 Å². The molecule has 0 saturated heterocycles. The lowest BCUT2D eigenvalue weighted by Crippen LogP contribution is -2.36. The van der Waals surface area contributed by atoms with Gasteiger partial charge in [0.25, 0.3) is 0 Å². The third-order valence-corrected chi connectivity index (χ3v) is 3.55. The lowest BCUT2D eigenvalue weighted by Gasteiger charge is -2.26. The molecule has 0 saturated carbocycles. The second kappa shape index (κ2) is 4.10. The summed E-state index contributed by atoms with van der Waals surface area (Å²) in [5.74, 6) is -0.918. The van der Waals surface area contributed by atoms with E-state index >= 15 is 0 Å². The van der Waals surface area contributed by atoms with Crippen LogP contribution in [0.25, 0.3) is 0 Å². The van der Waals surface area contributed by atoms with Crippen LogP contribution in [0.4, 0.5) is 5.69 Å². The smallest absolute Gasteiger partial charge is 0.236 e. The van der Waals surface area contributed by atoms with Crippen molar-refractivity contribution in [1.82, 2.24) is 0 Å². The maximum atomic E-state index is 12.2. The molecule has 0 aromatic heterocycles. The monoisotopic (exact) mass is 279 g/mol. The Morgan fingerprint density at radius 2 is 1.95 bits per heavy atom. The fourth-order valence-electron chi connectivity index (χ4n) is 2.45. The number of hydrogen-bond donors (Lipinski definition) is 1. The van der Waals surface area contributed by atoms with E-state index in [1.807, 2.05) is 6.07 Å². The van der Waals surface area contributed by atoms with E-state index in [2.05, 4.69) is 4.99 Å². The van der Waals surface area contributed by atoms with Crippen LogP contribution >= 0.6 is 0 Å². The zero-order valence-corrected chi connectivity index (χ0v) is 10.7. The molecule has 1 aromatic carbocycles. The Balaban J connectivity index is 2.00. The lowest BCUT2D eigenvalue weighted by atomic mass is 9.85. The fraction of sp³-hybridized carbons (Fsp3) is 0.0625. The molecule has 1 N–H and O–H groups in total. The van der Waals surface area contributed by atoms with Crippen LogP contribution < -0.4 is 4.74 Å². The van der Waals surface area contributed by atoms with Crippen molar-refractivity contribution in [3.63, 3.8) is 0 Å². The minimum absolute atomic E-state index is 0.168. The minimum atomic E-state index is -1.46. The summed E-state index contributed by atoms with van der Waals surface area (Å²) in [7, 11) is 0. The molecule has 1 unspecified atom stereocenters. The lowest BCUT2D eigenvalue weighted by molar-refractivity contribution is -0.138. The molecule has 1 aliphatic heterocycles. The molecule has 21 heavy (non-hydrogen) atoms. The van der Waals surface area contributed by atoms with Crippen LogP contribution in [-0.2, 0) is 9.59 Å². The predicted molar refractivity (Wildman–Crippen MR) is 74.4 cm³/mol. The van der Waals surface area contributed by atoms with Gasteiger partial charge in [0, 0.05) is 5.57 Å². The predicted octanol–water partition coefficient (Wildman–Crippen LogP) is 1.41. The molecule has 3 aliphatic rings. The molecule has 0 fully saturated rings. The van der Waals surface area contributed by atoms with Gasteiger partial charge in [-0.05, 0) is 30.4 Å². The zero-order chi connectivity index (χ0) is 14.6. The Hall–Kier alpha value is -2.79. The van der Waals surface area contributed by atoms with Gasteiger partial charge in [-0.3, -0.25) is 9.59 Å². The molecular formula is C16H9NO4. The van der Waals surface area contributed by atoms with Gasteiger partial charge in [0.2, 0.25) is 11.6 Å². The number of aliphatic imine (C=N–C) groups is 1. The number of para-hydroxylation sites is 2. The summed E-state index contributed by atoms with van der Waals surface area (Å²) < 4.78 is 5.71. The number of fused-ring (bicyclic) bond motifs is 3.